The Morgan fingerprint density at radius 1 is 1.27 bits per heavy atom. The van der Waals surface area contributed by atoms with Crippen LogP contribution < -0.4 is 0 Å². The van der Waals surface area contributed by atoms with Crippen LogP contribution in [0.1, 0.15) is 24.8 Å². The van der Waals surface area contributed by atoms with Crippen molar-refractivity contribution in [3.8, 4) is 0 Å². The summed E-state index contributed by atoms with van der Waals surface area (Å²) in [6.07, 6.45) is 4.16. The molecule has 78 valence electrons. The topological polar surface area (TPSA) is 3.24 Å². The number of benzene rings is 1. The quantitative estimate of drug-likeness (QED) is 0.441. The molecule has 3 heteroatoms. The molecule has 0 aromatic heterocycles. The second-order valence-corrected chi connectivity index (χ2v) is 3.75. The minimum Gasteiger partial charge on any atom is -0.310 e. The second-order valence-electron chi connectivity index (χ2n) is 3.75. The summed E-state index contributed by atoms with van der Waals surface area (Å²) in [6.45, 7) is 3.65. The molecule has 0 saturated carbocycles. The van der Waals surface area contributed by atoms with Gasteiger partial charge in [-0.05, 0) is 32.5 Å². The van der Waals surface area contributed by atoms with Gasteiger partial charge >= 0.3 is 34.5 Å². The molecule has 1 aromatic rings. The minimum absolute atomic E-state index is 1.11. The van der Waals surface area contributed by atoms with E-state index in [0.717, 1.165) is 6.54 Å². The molecule has 0 atom stereocenters. The van der Waals surface area contributed by atoms with Crippen LogP contribution in [0.2, 0.25) is 0 Å². The van der Waals surface area contributed by atoms with Crippen molar-refractivity contribution >= 4 is 19.8 Å². The maximum Gasteiger partial charge on any atom is -0.00264 e. The first-order valence-electron chi connectivity index (χ1n) is 5.39. The molecule has 2 rings (SSSR count). The zero-order valence-corrected chi connectivity index (χ0v) is 14.2. The van der Waals surface area contributed by atoms with Crippen LogP contribution in [-0.2, 0) is 21.3 Å². The van der Waals surface area contributed by atoms with Crippen molar-refractivity contribution in [3.05, 3.63) is 35.9 Å². The first kappa shape index (κ1) is 13.6. The number of rotatable bonds is 2. The average Bonchev–Trinajstić information content (AvgIpc) is 2.34. The van der Waals surface area contributed by atoms with Crippen LogP contribution in [0, 0.1) is 6.07 Å². The Hall–Kier alpha value is 0.533. The molecule has 0 amide bonds. The summed E-state index contributed by atoms with van der Waals surface area (Å²) < 4.78 is 0. The number of nitrogens with zero attached hydrogens (tertiary/aromatic N) is 1. The smallest absolute Gasteiger partial charge is 0.00264 e. The van der Waals surface area contributed by atoms with Gasteiger partial charge in [0.15, 0.2) is 0 Å². The minimum atomic E-state index is 1.11. The molecular weight excluding hydrogens is 350 g/mol. The van der Waals surface area contributed by atoms with E-state index in [1.165, 1.54) is 52.7 Å². The van der Waals surface area contributed by atoms with E-state index in [1.807, 2.05) is 6.07 Å². The Kier molecular flexibility index (Phi) is 7.85. The fraction of sp³-hybridized carbons (Fsp3) is 0.500. The van der Waals surface area contributed by atoms with Crippen molar-refractivity contribution in [1.29, 1.82) is 0 Å². The van der Waals surface area contributed by atoms with Crippen molar-refractivity contribution in [1.82, 2.24) is 4.90 Å². The molecule has 0 radical (unpaired) electrons. The van der Waals surface area contributed by atoms with E-state index < -0.39 is 0 Å². The van der Waals surface area contributed by atoms with Crippen LogP contribution in [0.25, 0.3) is 0 Å². The van der Waals surface area contributed by atoms with Crippen LogP contribution >= 0.6 is 19.8 Å². The molecule has 1 aliphatic heterocycles. The van der Waals surface area contributed by atoms with E-state index >= 15 is 0 Å². The number of halogens is 1. The van der Waals surface area contributed by atoms with E-state index in [0.29, 0.717) is 0 Å². The van der Waals surface area contributed by atoms with Crippen molar-refractivity contribution in [2.24, 2.45) is 0 Å². The number of likely N-dealkylation sites (tertiary alicyclic amines) is 1. The third-order valence-electron chi connectivity index (χ3n) is 2.63. The van der Waals surface area contributed by atoms with E-state index in [4.69, 9.17) is 0 Å². The molecule has 1 fully saturated rings. The van der Waals surface area contributed by atoms with Crippen molar-refractivity contribution in [3.63, 3.8) is 0 Å². The fourth-order valence-electron chi connectivity index (χ4n) is 1.90. The molecule has 1 heterocycles. The predicted octanol–water partition coefficient (Wildman–Crippen LogP) is 3.36. The number of hydrogen-bond donors (Lipinski definition) is 0. The normalized spacial score (nSPS) is 16.7. The summed E-state index contributed by atoms with van der Waals surface area (Å²) in [6, 6.07) is 11.4. The Labute approximate surface area is 113 Å². The third-order valence-corrected chi connectivity index (χ3v) is 2.63. The third kappa shape index (κ3) is 5.41. The summed E-state index contributed by atoms with van der Waals surface area (Å²) in [5.41, 5.74) is 1.39. The molecule has 15 heavy (non-hydrogen) atoms. The Morgan fingerprint density at radius 3 is 2.60 bits per heavy atom. The van der Waals surface area contributed by atoms with Crippen LogP contribution in [0.15, 0.2) is 24.3 Å². The Bertz CT molecular complexity index is 247. The van der Waals surface area contributed by atoms with Crippen molar-refractivity contribution in [2.75, 3.05) is 13.1 Å². The first-order chi connectivity index (χ1) is 7.45. The van der Waals surface area contributed by atoms with Crippen LogP contribution in [0.3, 0.4) is 0 Å². The van der Waals surface area contributed by atoms with Gasteiger partial charge in [0.1, 0.15) is 0 Å². The van der Waals surface area contributed by atoms with Gasteiger partial charge in [0.25, 0.3) is 0 Å². The monoisotopic (exact) mass is 365 g/mol. The van der Waals surface area contributed by atoms with Crippen LogP contribution in [-0.4, -0.2) is 18.0 Å². The van der Waals surface area contributed by atoms with E-state index in [9.17, 15) is 0 Å². The Balaban J connectivity index is 0.000000531. The number of hydrogen-bond acceptors (Lipinski definition) is 1. The van der Waals surface area contributed by atoms with Gasteiger partial charge in [0, 0.05) is 0 Å². The fourth-order valence-corrected chi connectivity index (χ4v) is 1.90. The molecule has 1 aromatic carbocycles. The first-order valence-corrected chi connectivity index (χ1v) is 14.4. The van der Waals surface area contributed by atoms with Crippen molar-refractivity contribution < 1.29 is 14.8 Å². The van der Waals surface area contributed by atoms with E-state index in [1.54, 1.807) is 0 Å². The summed E-state index contributed by atoms with van der Waals surface area (Å²) in [5.74, 6) is 0. The summed E-state index contributed by atoms with van der Waals surface area (Å²) in [4.78, 5) is 2.53. The van der Waals surface area contributed by atoms with E-state index in [-0.39, 0.29) is 0 Å². The zero-order chi connectivity index (χ0) is 10.9. The van der Waals surface area contributed by atoms with Crippen LogP contribution in [0.5, 0.6) is 0 Å². The van der Waals surface area contributed by atoms with Gasteiger partial charge in [0.2, 0.25) is 0 Å². The summed E-state index contributed by atoms with van der Waals surface area (Å²) >= 11 is 3.62. The molecule has 0 spiro atoms. The second kappa shape index (κ2) is 8.66. The zero-order valence-electron chi connectivity index (χ0n) is 9.08. The van der Waals surface area contributed by atoms with Gasteiger partial charge < -0.3 is 4.90 Å². The van der Waals surface area contributed by atoms with Crippen molar-refractivity contribution in [2.45, 2.75) is 25.8 Å². The van der Waals surface area contributed by atoms with Gasteiger partial charge in [-0.2, -0.15) is 30.3 Å². The molecular formula is C12H16INZn. The average molecular weight is 367 g/mol. The maximum atomic E-state index is 3.12. The molecule has 1 aliphatic rings. The molecule has 1 nitrogen and oxygen atoms in total. The standard InChI is InChI=1S/C12H16N.HI.Zn/c1-3-7-12(8-4-1)11-13-9-5-2-6-10-13;;/h1,3,7-8H,2,5-6,9-11H2;1H;/q-1;;+2/p-1. The van der Waals surface area contributed by atoms with Crippen LogP contribution in [0.4, 0.5) is 0 Å². The SMILES string of the molecule is [Zn+][I].[c-]1cccc(CN2CCCCC2)c1. The summed E-state index contributed by atoms with van der Waals surface area (Å²) in [7, 11) is 0. The van der Waals surface area contributed by atoms with E-state index in [2.05, 4.69) is 48.9 Å². The maximum absolute atomic E-state index is 3.12. The summed E-state index contributed by atoms with van der Waals surface area (Å²) in [5, 5.41) is 0. The predicted molar refractivity (Wildman–Crippen MR) is 68.4 cm³/mol. The molecule has 0 N–H and O–H groups in total. The largest absolute Gasteiger partial charge is 0.310 e. The number of piperidine rings is 1. The van der Waals surface area contributed by atoms with Gasteiger partial charge in [-0.1, -0.05) is 6.42 Å². The molecule has 0 aliphatic carbocycles. The molecule has 0 bridgehead atoms. The van der Waals surface area contributed by atoms with Gasteiger partial charge in [0.05, 0.1) is 0 Å². The molecule has 0 unspecified atom stereocenters. The molecule has 1 saturated heterocycles. The van der Waals surface area contributed by atoms with Gasteiger partial charge in [-0.3, -0.25) is 0 Å². The van der Waals surface area contributed by atoms with Gasteiger partial charge in [-0.15, -0.1) is 5.56 Å². The Morgan fingerprint density at radius 2 is 2.00 bits per heavy atom. The van der Waals surface area contributed by atoms with Gasteiger partial charge in [-0.25, -0.2) is 0 Å².